The van der Waals surface area contributed by atoms with Crippen molar-refractivity contribution in [1.29, 1.82) is 0 Å². The van der Waals surface area contributed by atoms with Crippen LogP contribution in [0.15, 0.2) is 37.0 Å². The van der Waals surface area contributed by atoms with E-state index in [9.17, 15) is 0 Å². The summed E-state index contributed by atoms with van der Waals surface area (Å²) in [6.07, 6.45) is 0. The quantitative estimate of drug-likeness (QED) is 0.576. The van der Waals surface area contributed by atoms with Gasteiger partial charge in [-0.15, -0.1) is 11.3 Å². The molecule has 1 unspecified atom stereocenters. The molecule has 0 aliphatic heterocycles. The fraction of sp³-hybridized carbons (Fsp3) is 0.167. The molecule has 1 atom stereocenters. The van der Waals surface area contributed by atoms with Crippen LogP contribution >= 0.6 is 70.7 Å². The highest BCUT2D eigenvalue weighted by atomic mass is 79.9. The van der Waals surface area contributed by atoms with Gasteiger partial charge in [0, 0.05) is 13.8 Å². The van der Waals surface area contributed by atoms with Gasteiger partial charge in [-0.2, -0.15) is 0 Å². The third-order valence-electron chi connectivity index (χ3n) is 2.51. The van der Waals surface area contributed by atoms with E-state index in [4.69, 9.17) is 11.6 Å². The van der Waals surface area contributed by atoms with Gasteiger partial charge >= 0.3 is 0 Å². The number of rotatable bonds is 3. The summed E-state index contributed by atoms with van der Waals surface area (Å²) in [5.74, 6) is 0. The Labute approximate surface area is 140 Å². The van der Waals surface area contributed by atoms with Gasteiger partial charge in [0.05, 0.1) is 14.9 Å². The topological polar surface area (TPSA) is 12.0 Å². The highest BCUT2D eigenvalue weighted by molar-refractivity contribution is 9.11. The Hall–Kier alpha value is 0.610. The molecule has 0 saturated heterocycles. The smallest absolute Gasteiger partial charge is 0.0888 e. The zero-order valence-electron chi connectivity index (χ0n) is 9.31. The Morgan fingerprint density at radius 3 is 2.44 bits per heavy atom. The van der Waals surface area contributed by atoms with Gasteiger partial charge in [0.25, 0.3) is 0 Å². The van der Waals surface area contributed by atoms with E-state index in [0.29, 0.717) is 0 Å². The molecule has 0 aliphatic carbocycles. The van der Waals surface area contributed by atoms with Crippen molar-refractivity contribution in [2.75, 3.05) is 7.05 Å². The summed E-state index contributed by atoms with van der Waals surface area (Å²) in [6.45, 7) is 0. The van der Waals surface area contributed by atoms with Crippen molar-refractivity contribution in [2.24, 2.45) is 0 Å². The Kier molecular flexibility index (Phi) is 5.31. The van der Waals surface area contributed by atoms with Gasteiger partial charge in [0.15, 0.2) is 0 Å². The van der Waals surface area contributed by atoms with Crippen LogP contribution in [0.3, 0.4) is 0 Å². The molecule has 0 fully saturated rings. The van der Waals surface area contributed by atoms with E-state index in [2.05, 4.69) is 59.2 Å². The molecule has 18 heavy (non-hydrogen) atoms. The van der Waals surface area contributed by atoms with Crippen LogP contribution in [0.2, 0.25) is 5.02 Å². The predicted molar refractivity (Wildman–Crippen MR) is 89.8 cm³/mol. The minimum absolute atomic E-state index is 0.126. The molecule has 2 aromatic rings. The molecule has 0 spiro atoms. The van der Waals surface area contributed by atoms with Gasteiger partial charge in [0.1, 0.15) is 0 Å². The van der Waals surface area contributed by atoms with Crippen LogP contribution in [0.5, 0.6) is 0 Å². The number of benzene rings is 1. The maximum absolute atomic E-state index is 6.10. The van der Waals surface area contributed by atoms with Crippen molar-refractivity contribution < 1.29 is 0 Å². The molecule has 1 aromatic carbocycles. The molecule has 0 amide bonds. The van der Waals surface area contributed by atoms with Crippen LogP contribution in [0, 0.1) is 0 Å². The van der Waals surface area contributed by atoms with E-state index < -0.39 is 0 Å². The molecule has 0 aliphatic rings. The molecule has 1 nitrogen and oxygen atoms in total. The second kappa shape index (κ2) is 6.37. The number of hydrogen-bond donors (Lipinski definition) is 1. The molecule has 1 aromatic heterocycles. The van der Waals surface area contributed by atoms with Gasteiger partial charge in [0.2, 0.25) is 0 Å². The number of hydrogen-bond acceptors (Lipinski definition) is 2. The molecule has 0 radical (unpaired) electrons. The summed E-state index contributed by atoms with van der Waals surface area (Å²) in [5, 5.41) is 4.07. The van der Waals surface area contributed by atoms with Crippen molar-refractivity contribution >= 4 is 70.7 Å². The van der Waals surface area contributed by atoms with E-state index in [-0.39, 0.29) is 6.04 Å². The zero-order valence-corrected chi connectivity index (χ0v) is 15.6. The first-order valence-electron chi connectivity index (χ1n) is 5.10. The lowest BCUT2D eigenvalue weighted by atomic mass is 10.1. The van der Waals surface area contributed by atoms with E-state index >= 15 is 0 Å². The van der Waals surface area contributed by atoms with E-state index in [1.807, 2.05) is 25.2 Å². The highest BCUT2D eigenvalue weighted by Gasteiger charge is 2.18. The summed E-state index contributed by atoms with van der Waals surface area (Å²) in [5.41, 5.74) is 1.19. The number of thiophene rings is 1. The van der Waals surface area contributed by atoms with E-state index in [1.54, 1.807) is 11.3 Å². The first-order valence-corrected chi connectivity index (χ1v) is 8.67. The fourth-order valence-corrected chi connectivity index (χ4v) is 4.84. The second-order valence-corrected chi connectivity index (χ2v) is 8.24. The van der Waals surface area contributed by atoms with Crippen LogP contribution < -0.4 is 5.32 Å². The van der Waals surface area contributed by atoms with Crippen LogP contribution in [0.1, 0.15) is 16.5 Å². The Bertz CT molecular complexity index is 551. The lowest BCUT2D eigenvalue weighted by Crippen LogP contribution is -2.16. The Morgan fingerprint density at radius 2 is 1.94 bits per heavy atom. The fourth-order valence-electron chi connectivity index (χ4n) is 1.69. The first kappa shape index (κ1) is 15.0. The Balaban J connectivity index is 2.45. The van der Waals surface area contributed by atoms with Crippen molar-refractivity contribution in [3.05, 3.63) is 52.5 Å². The lowest BCUT2D eigenvalue weighted by Gasteiger charge is -2.16. The maximum atomic E-state index is 6.10. The van der Waals surface area contributed by atoms with Crippen molar-refractivity contribution in [3.63, 3.8) is 0 Å². The third-order valence-corrected chi connectivity index (χ3v) is 6.23. The third kappa shape index (κ3) is 3.19. The molecule has 0 bridgehead atoms. The van der Waals surface area contributed by atoms with Gasteiger partial charge in [-0.25, -0.2) is 0 Å². The molecule has 6 heteroatoms. The zero-order chi connectivity index (χ0) is 13.3. The van der Waals surface area contributed by atoms with E-state index in [1.165, 1.54) is 10.4 Å². The Morgan fingerprint density at radius 1 is 1.22 bits per heavy atom. The molecule has 0 saturated carbocycles. The maximum Gasteiger partial charge on any atom is 0.0888 e. The van der Waals surface area contributed by atoms with E-state index in [0.717, 1.165) is 17.8 Å². The first-order chi connectivity index (χ1) is 8.52. The summed E-state index contributed by atoms with van der Waals surface area (Å²) in [6, 6.07) is 8.29. The molecular weight excluding hydrogens is 465 g/mol. The monoisotopic (exact) mass is 471 g/mol. The average Bonchev–Trinajstić information content (AvgIpc) is 2.63. The average molecular weight is 474 g/mol. The van der Waals surface area contributed by atoms with Crippen molar-refractivity contribution in [3.8, 4) is 0 Å². The standard InChI is InChI=1S/C12H9Br3ClNS/c1-17-11(10-5-9(16)12(15)18-10)7-3-2-6(13)4-8(7)14/h2-5,11,17H,1H3. The van der Waals surface area contributed by atoms with Crippen molar-refractivity contribution in [1.82, 2.24) is 5.32 Å². The summed E-state index contributed by atoms with van der Waals surface area (Å²) in [4.78, 5) is 1.18. The SMILES string of the molecule is CNC(c1cc(Cl)c(Br)s1)c1ccc(Br)cc1Br. The van der Waals surface area contributed by atoms with Crippen LogP contribution in [-0.4, -0.2) is 7.05 Å². The molecule has 1 N–H and O–H groups in total. The van der Waals surface area contributed by atoms with Gasteiger partial charge in [-0.05, 0) is 46.7 Å². The molecule has 1 heterocycles. The largest absolute Gasteiger partial charge is 0.309 e. The number of nitrogens with one attached hydrogen (secondary N) is 1. The minimum atomic E-state index is 0.126. The molecular formula is C12H9Br3ClNS. The summed E-state index contributed by atoms with van der Waals surface area (Å²) < 4.78 is 3.09. The molecule has 2 rings (SSSR count). The summed E-state index contributed by atoms with van der Waals surface area (Å²) in [7, 11) is 1.95. The van der Waals surface area contributed by atoms with Gasteiger partial charge in [-0.3, -0.25) is 0 Å². The highest BCUT2D eigenvalue weighted by Crippen LogP contribution is 2.39. The lowest BCUT2D eigenvalue weighted by molar-refractivity contribution is 0.701. The molecule has 96 valence electrons. The van der Waals surface area contributed by atoms with Crippen LogP contribution in [0.25, 0.3) is 0 Å². The van der Waals surface area contributed by atoms with Crippen LogP contribution in [-0.2, 0) is 0 Å². The van der Waals surface area contributed by atoms with Gasteiger partial charge < -0.3 is 5.32 Å². The van der Waals surface area contributed by atoms with Crippen molar-refractivity contribution in [2.45, 2.75) is 6.04 Å². The second-order valence-electron chi connectivity index (χ2n) is 3.66. The van der Waals surface area contributed by atoms with Crippen LogP contribution in [0.4, 0.5) is 0 Å². The number of halogens is 4. The normalized spacial score (nSPS) is 12.7. The predicted octanol–water partition coefficient (Wildman–Crippen LogP) is 6.00. The summed E-state index contributed by atoms with van der Waals surface area (Å²) >= 11 is 18.3. The van der Waals surface area contributed by atoms with Gasteiger partial charge in [-0.1, -0.05) is 49.5 Å². The minimum Gasteiger partial charge on any atom is -0.309 e.